The van der Waals surface area contributed by atoms with Gasteiger partial charge in [0.2, 0.25) is 0 Å². The molecular formula is C11H9NO3. The molecule has 4 nitrogen and oxygen atoms in total. The van der Waals surface area contributed by atoms with Crippen LogP contribution in [-0.2, 0) is 9.53 Å². The van der Waals surface area contributed by atoms with Crippen LogP contribution < -0.4 is 0 Å². The Kier molecular flexibility index (Phi) is 2.25. The van der Waals surface area contributed by atoms with Crippen LogP contribution in [0.25, 0.3) is 10.9 Å². The lowest BCUT2D eigenvalue weighted by Crippen LogP contribution is -2.15. The number of aromatic nitrogens is 1. The Morgan fingerprint density at radius 3 is 2.80 bits per heavy atom. The molecule has 0 radical (unpaired) electrons. The van der Waals surface area contributed by atoms with Crippen LogP contribution in [0.5, 0.6) is 0 Å². The monoisotopic (exact) mass is 203 g/mol. The zero-order chi connectivity index (χ0) is 10.8. The minimum atomic E-state index is -0.850. The summed E-state index contributed by atoms with van der Waals surface area (Å²) in [6, 6.07) is 7.02. The van der Waals surface area contributed by atoms with Gasteiger partial charge < -0.3 is 9.72 Å². The molecule has 0 aliphatic carbocycles. The van der Waals surface area contributed by atoms with Gasteiger partial charge in [0.1, 0.15) is 0 Å². The first-order valence-electron chi connectivity index (χ1n) is 4.43. The second kappa shape index (κ2) is 3.57. The molecule has 2 aromatic rings. The van der Waals surface area contributed by atoms with E-state index in [4.69, 9.17) is 0 Å². The standard InChI is InChI=1S/C11H9NO3/c1-15-11(14)10(13)8-4-2-3-7-5-6-12-9(7)8/h2-6,12H,1H3. The number of Topliss-reactive ketones (excluding diaryl/α,β-unsaturated/α-hetero) is 1. The van der Waals surface area contributed by atoms with Gasteiger partial charge in [0, 0.05) is 11.6 Å². The highest BCUT2D eigenvalue weighted by Crippen LogP contribution is 2.17. The van der Waals surface area contributed by atoms with E-state index in [1.807, 2.05) is 12.1 Å². The number of para-hydroxylation sites is 1. The Morgan fingerprint density at radius 2 is 2.07 bits per heavy atom. The van der Waals surface area contributed by atoms with Crippen LogP contribution in [0.4, 0.5) is 0 Å². The fourth-order valence-electron chi connectivity index (χ4n) is 1.48. The minimum Gasteiger partial charge on any atom is -0.463 e. The number of ketones is 1. The molecule has 0 unspecified atom stereocenters. The minimum absolute atomic E-state index is 0.337. The van der Waals surface area contributed by atoms with E-state index in [1.54, 1.807) is 18.3 Å². The predicted octanol–water partition coefficient (Wildman–Crippen LogP) is 1.52. The number of methoxy groups -OCH3 is 1. The lowest BCUT2D eigenvalue weighted by Gasteiger charge is -2.00. The molecule has 2 rings (SSSR count). The summed E-state index contributed by atoms with van der Waals surface area (Å²) in [6.45, 7) is 0. The number of H-pyrrole nitrogens is 1. The number of rotatable bonds is 2. The number of benzene rings is 1. The van der Waals surface area contributed by atoms with E-state index in [2.05, 4.69) is 9.72 Å². The highest BCUT2D eigenvalue weighted by molar-refractivity contribution is 6.42. The maximum Gasteiger partial charge on any atom is 0.379 e. The lowest BCUT2D eigenvalue weighted by atomic mass is 10.1. The van der Waals surface area contributed by atoms with Crippen molar-refractivity contribution >= 4 is 22.7 Å². The third kappa shape index (κ3) is 1.50. The van der Waals surface area contributed by atoms with Crippen LogP contribution in [-0.4, -0.2) is 23.8 Å². The molecule has 1 N–H and O–H groups in total. The molecule has 4 heteroatoms. The third-order valence-electron chi connectivity index (χ3n) is 2.20. The Hall–Kier alpha value is -2.10. The van der Waals surface area contributed by atoms with Crippen molar-refractivity contribution in [1.82, 2.24) is 4.98 Å². The first-order chi connectivity index (χ1) is 7.24. The normalized spacial score (nSPS) is 10.2. The number of hydrogen-bond acceptors (Lipinski definition) is 3. The largest absolute Gasteiger partial charge is 0.463 e. The molecule has 0 saturated heterocycles. The van der Waals surface area contributed by atoms with Gasteiger partial charge in [-0.05, 0) is 12.1 Å². The van der Waals surface area contributed by atoms with Gasteiger partial charge in [0.05, 0.1) is 18.2 Å². The zero-order valence-corrected chi connectivity index (χ0v) is 8.11. The topological polar surface area (TPSA) is 59.2 Å². The van der Waals surface area contributed by atoms with Gasteiger partial charge in [-0.1, -0.05) is 12.1 Å². The molecule has 0 saturated carbocycles. The number of nitrogens with one attached hydrogen (secondary N) is 1. The van der Waals surface area contributed by atoms with Crippen molar-refractivity contribution < 1.29 is 14.3 Å². The van der Waals surface area contributed by atoms with Gasteiger partial charge in [0.25, 0.3) is 5.78 Å². The Balaban J connectivity index is 2.56. The fourth-order valence-corrected chi connectivity index (χ4v) is 1.48. The number of hydrogen-bond donors (Lipinski definition) is 1. The first-order valence-corrected chi connectivity index (χ1v) is 4.43. The highest BCUT2D eigenvalue weighted by atomic mass is 16.5. The van der Waals surface area contributed by atoms with E-state index in [9.17, 15) is 9.59 Å². The van der Waals surface area contributed by atoms with Gasteiger partial charge in [0.15, 0.2) is 0 Å². The van der Waals surface area contributed by atoms with Crippen molar-refractivity contribution in [3.05, 3.63) is 36.0 Å². The van der Waals surface area contributed by atoms with Crippen molar-refractivity contribution in [3.63, 3.8) is 0 Å². The van der Waals surface area contributed by atoms with E-state index in [1.165, 1.54) is 7.11 Å². The molecular weight excluding hydrogens is 194 g/mol. The molecule has 0 aliphatic rings. The molecule has 0 amide bonds. The average molecular weight is 203 g/mol. The van der Waals surface area contributed by atoms with E-state index in [-0.39, 0.29) is 0 Å². The molecule has 15 heavy (non-hydrogen) atoms. The number of carbonyl (C=O) groups excluding carboxylic acids is 2. The lowest BCUT2D eigenvalue weighted by molar-refractivity contribution is -0.135. The van der Waals surface area contributed by atoms with Gasteiger partial charge >= 0.3 is 5.97 Å². The summed E-state index contributed by atoms with van der Waals surface area (Å²) >= 11 is 0. The molecule has 1 heterocycles. The Labute approximate surface area is 85.9 Å². The van der Waals surface area contributed by atoms with Crippen molar-refractivity contribution in [2.45, 2.75) is 0 Å². The number of carbonyl (C=O) groups is 2. The summed E-state index contributed by atoms with van der Waals surface area (Å²) in [6.07, 6.45) is 1.72. The smallest absolute Gasteiger partial charge is 0.379 e. The molecule has 1 aromatic heterocycles. The summed E-state index contributed by atoms with van der Waals surface area (Å²) in [4.78, 5) is 25.6. The summed E-state index contributed by atoms with van der Waals surface area (Å²) in [7, 11) is 1.19. The number of aromatic amines is 1. The predicted molar refractivity (Wildman–Crippen MR) is 54.6 cm³/mol. The van der Waals surface area contributed by atoms with Gasteiger partial charge in [-0.2, -0.15) is 0 Å². The molecule has 0 atom stereocenters. The van der Waals surface area contributed by atoms with E-state index >= 15 is 0 Å². The zero-order valence-electron chi connectivity index (χ0n) is 8.11. The quantitative estimate of drug-likeness (QED) is 0.457. The van der Waals surface area contributed by atoms with E-state index in [0.717, 1.165) is 5.39 Å². The summed E-state index contributed by atoms with van der Waals surface area (Å²) < 4.78 is 4.39. The maximum absolute atomic E-state index is 11.6. The number of ether oxygens (including phenoxy) is 1. The Bertz CT molecular complexity index is 527. The molecule has 0 spiro atoms. The fraction of sp³-hybridized carbons (Fsp3) is 0.0909. The van der Waals surface area contributed by atoms with Crippen molar-refractivity contribution in [3.8, 4) is 0 Å². The van der Waals surface area contributed by atoms with Gasteiger partial charge in [-0.25, -0.2) is 4.79 Å². The van der Waals surface area contributed by atoms with Crippen LogP contribution in [0.3, 0.4) is 0 Å². The van der Waals surface area contributed by atoms with Crippen LogP contribution in [0.2, 0.25) is 0 Å². The molecule has 0 bridgehead atoms. The molecule has 0 aliphatic heterocycles. The second-order valence-corrected chi connectivity index (χ2v) is 3.07. The first kappa shape index (κ1) is 9.45. The number of fused-ring (bicyclic) bond motifs is 1. The average Bonchev–Trinajstić information content (AvgIpc) is 2.74. The second-order valence-electron chi connectivity index (χ2n) is 3.07. The van der Waals surface area contributed by atoms with Gasteiger partial charge in [-0.3, -0.25) is 4.79 Å². The third-order valence-corrected chi connectivity index (χ3v) is 2.20. The van der Waals surface area contributed by atoms with Crippen LogP contribution in [0.1, 0.15) is 10.4 Å². The van der Waals surface area contributed by atoms with Crippen LogP contribution >= 0.6 is 0 Å². The summed E-state index contributed by atoms with van der Waals surface area (Å²) in [5, 5.41) is 0.893. The van der Waals surface area contributed by atoms with Crippen LogP contribution in [0, 0.1) is 0 Å². The molecule has 76 valence electrons. The Morgan fingerprint density at radius 1 is 1.27 bits per heavy atom. The summed E-state index contributed by atoms with van der Waals surface area (Å²) in [5.41, 5.74) is 0.997. The van der Waals surface area contributed by atoms with Crippen molar-refractivity contribution in [2.75, 3.05) is 7.11 Å². The van der Waals surface area contributed by atoms with Gasteiger partial charge in [-0.15, -0.1) is 0 Å². The molecule has 0 fully saturated rings. The van der Waals surface area contributed by atoms with Crippen molar-refractivity contribution in [1.29, 1.82) is 0 Å². The summed E-state index contributed by atoms with van der Waals surface area (Å²) in [5.74, 6) is -1.48. The van der Waals surface area contributed by atoms with E-state index in [0.29, 0.717) is 11.1 Å². The molecule has 1 aromatic carbocycles. The highest BCUT2D eigenvalue weighted by Gasteiger charge is 2.19. The van der Waals surface area contributed by atoms with Crippen LogP contribution in [0.15, 0.2) is 30.5 Å². The van der Waals surface area contributed by atoms with E-state index < -0.39 is 11.8 Å². The maximum atomic E-state index is 11.6. The number of esters is 1. The SMILES string of the molecule is COC(=O)C(=O)c1cccc2cc[nH]c12. The van der Waals surface area contributed by atoms with Crippen molar-refractivity contribution in [2.24, 2.45) is 0 Å².